The number of rotatable bonds is 6. The summed E-state index contributed by atoms with van der Waals surface area (Å²) in [6.45, 7) is 4.28. The molecule has 6 nitrogen and oxygen atoms in total. The molecule has 3 N–H and O–H groups in total. The van der Waals surface area contributed by atoms with E-state index in [1.807, 2.05) is 24.3 Å². The molecule has 0 aliphatic rings. The van der Waals surface area contributed by atoms with Gasteiger partial charge in [0.1, 0.15) is 11.4 Å². The highest BCUT2D eigenvalue weighted by atomic mass is 35.5. The van der Waals surface area contributed by atoms with Gasteiger partial charge >= 0.3 is 0 Å². The summed E-state index contributed by atoms with van der Waals surface area (Å²) in [5, 5.41) is 13.5. The van der Waals surface area contributed by atoms with Gasteiger partial charge in [-0.3, -0.25) is 14.9 Å². The van der Waals surface area contributed by atoms with Crippen molar-refractivity contribution in [3.05, 3.63) is 75.1 Å². The van der Waals surface area contributed by atoms with E-state index in [1.54, 1.807) is 0 Å². The Labute approximate surface area is 157 Å². The summed E-state index contributed by atoms with van der Waals surface area (Å²) in [5.74, 6) is -1.03. The molecule has 2 aromatic rings. The molecule has 2 aromatic carbocycles. The highest BCUT2D eigenvalue weighted by molar-refractivity contribution is 5.98. The molecule has 0 radical (unpaired) electrons. The molecule has 2 rings (SSSR count). The zero-order valence-electron chi connectivity index (χ0n) is 14.4. The fourth-order valence-electron chi connectivity index (χ4n) is 2.39. The van der Waals surface area contributed by atoms with Gasteiger partial charge in [-0.1, -0.05) is 38.1 Å². The van der Waals surface area contributed by atoms with Crippen LogP contribution in [0.4, 0.5) is 10.1 Å². The second-order valence-corrected chi connectivity index (χ2v) is 6.06. The summed E-state index contributed by atoms with van der Waals surface area (Å²) in [6, 6.07) is 10.1. The van der Waals surface area contributed by atoms with Crippen LogP contribution in [0.1, 0.15) is 47.3 Å². The van der Waals surface area contributed by atoms with Gasteiger partial charge in [0.25, 0.3) is 11.6 Å². The van der Waals surface area contributed by atoms with Crippen LogP contribution in [0.3, 0.4) is 0 Å². The van der Waals surface area contributed by atoms with E-state index < -0.39 is 28.4 Å². The fraction of sp³-hybridized carbons (Fsp3) is 0.278. The third-order valence-corrected chi connectivity index (χ3v) is 3.91. The average Bonchev–Trinajstić information content (AvgIpc) is 2.59. The molecule has 0 fully saturated rings. The van der Waals surface area contributed by atoms with Crippen molar-refractivity contribution in [1.29, 1.82) is 0 Å². The first kappa shape index (κ1) is 21.5. The van der Waals surface area contributed by atoms with Gasteiger partial charge in [0, 0.05) is 12.6 Å². The molecule has 1 unspecified atom stereocenters. The number of nitro benzene ring substituents is 1. The fourth-order valence-corrected chi connectivity index (χ4v) is 2.39. The van der Waals surface area contributed by atoms with E-state index in [0.29, 0.717) is 5.92 Å². The molecule has 1 atom stereocenters. The number of nitrogens with one attached hydrogen (secondary N) is 1. The summed E-state index contributed by atoms with van der Waals surface area (Å²) in [5.41, 5.74) is 7.31. The Morgan fingerprint density at radius 3 is 2.31 bits per heavy atom. The molecule has 0 aliphatic heterocycles. The van der Waals surface area contributed by atoms with Gasteiger partial charge in [-0.05, 0) is 29.2 Å². The standard InChI is InChI=1S/C18H20FN3O3.ClH/c1-11(2)12-3-5-13(6-4-12)16(20)10-21-18(23)15-8-7-14(19)9-17(15)22(24)25;/h3-9,11,16H,10,20H2,1-2H3,(H,21,23);1H. The lowest BCUT2D eigenvalue weighted by Crippen LogP contribution is -2.32. The first-order valence-corrected chi connectivity index (χ1v) is 7.87. The normalized spacial score (nSPS) is 11.6. The molecule has 0 aliphatic carbocycles. The Hall–Kier alpha value is -2.51. The molecular formula is C18H21ClFN3O3. The van der Waals surface area contributed by atoms with E-state index in [0.717, 1.165) is 23.8 Å². The summed E-state index contributed by atoms with van der Waals surface area (Å²) < 4.78 is 13.1. The predicted molar refractivity (Wildman–Crippen MR) is 100 cm³/mol. The van der Waals surface area contributed by atoms with Crippen LogP contribution in [-0.4, -0.2) is 17.4 Å². The van der Waals surface area contributed by atoms with E-state index in [4.69, 9.17) is 5.73 Å². The minimum absolute atomic E-state index is 0. The van der Waals surface area contributed by atoms with E-state index in [-0.39, 0.29) is 24.5 Å². The molecule has 26 heavy (non-hydrogen) atoms. The molecule has 0 heterocycles. The minimum Gasteiger partial charge on any atom is -0.350 e. The lowest BCUT2D eigenvalue weighted by Gasteiger charge is -2.14. The number of carbonyl (C=O) groups excluding carboxylic acids is 1. The third-order valence-electron chi connectivity index (χ3n) is 3.91. The average molecular weight is 382 g/mol. The summed E-state index contributed by atoms with van der Waals surface area (Å²) in [6.07, 6.45) is 0. The van der Waals surface area contributed by atoms with Crippen LogP contribution in [0.25, 0.3) is 0 Å². The lowest BCUT2D eigenvalue weighted by atomic mass is 9.99. The first-order valence-electron chi connectivity index (χ1n) is 7.87. The number of nitrogens with two attached hydrogens (primary N) is 1. The van der Waals surface area contributed by atoms with Crippen LogP contribution in [0.15, 0.2) is 42.5 Å². The number of nitro groups is 1. The van der Waals surface area contributed by atoms with E-state index >= 15 is 0 Å². The van der Waals surface area contributed by atoms with E-state index in [2.05, 4.69) is 19.2 Å². The van der Waals surface area contributed by atoms with Gasteiger partial charge in [-0.2, -0.15) is 0 Å². The van der Waals surface area contributed by atoms with Gasteiger partial charge in [0.05, 0.1) is 11.0 Å². The molecule has 0 aromatic heterocycles. The highest BCUT2D eigenvalue weighted by Gasteiger charge is 2.21. The molecule has 140 valence electrons. The van der Waals surface area contributed by atoms with Crippen LogP contribution >= 0.6 is 12.4 Å². The number of nitrogens with zero attached hydrogens (tertiary/aromatic N) is 1. The van der Waals surface area contributed by atoms with Crippen molar-refractivity contribution in [3.8, 4) is 0 Å². The topological polar surface area (TPSA) is 98.3 Å². The maximum atomic E-state index is 13.1. The number of benzene rings is 2. The van der Waals surface area contributed by atoms with E-state index in [9.17, 15) is 19.3 Å². The van der Waals surface area contributed by atoms with Crippen molar-refractivity contribution in [1.82, 2.24) is 5.32 Å². The number of amides is 1. The van der Waals surface area contributed by atoms with Crippen LogP contribution < -0.4 is 11.1 Å². The SMILES string of the molecule is CC(C)c1ccc(C(N)CNC(=O)c2ccc(F)cc2[N+](=O)[O-])cc1.Cl. The van der Waals surface area contributed by atoms with Crippen LogP contribution in [0, 0.1) is 15.9 Å². The molecule has 0 spiro atoms. The van der Waals surface area contributed by atoms with Crippen molar-refractivity contribution in [2.75, 3.05) is 6.54 Å². The van der Waals surface area contributed by atoms with Crippen molar-refractivity contribution in [3.63, 3.8) is 0 Å². The molecule has 0 saturated heterocycles. The lowest BCUT2D eigenvalue weighted by molar-refractivity contribution is -0.385. The molecule has 0 saturated carbocycles. The third kappa shape index (κ3) is 5.24. The minimum atomic E-state index is -0.789. The zero-order chi connectivity index (χ0) is 18.6. The zero-order valence-corrected chi connectivity index (χ0v) is 15.3. The molecule has 1 amide bonds. The van der Waals surface area contributed by atoms with Crippen LogP contribution in [0.5, 0.6) is 0 Å². The highest BCUT2D eigenvalue weighted by Crippen LogP contribution is 2.20. The number of halogens is 2. The van der Waals surface area contributed by atoms with Crippen molar-refractivity contribution in [2.24, 2.45) is 5.73 Å². The Bertz CT molecular complexity index is 782. The smallest absolute Gasteiger partial charge is 0.285 e. The molecule has 8 heteroatoms. The Morgan fingerprint density at radius 1 is 1.19 bits per heavy atom. The van der Waals surface area contributed by atoms with Gasteiger partial charge < -0.3 is 11.1 Å². The number of hydrogen-bond acceptors (Lipinski definition) is 4. The molecule has 0 bridgehead atoms. The van der Waals surface area contributed by atoms with Gasteiger partial charge in [0.15, 0.2) is 0 Å². The first-order chi connectivity index (χ1) is 11.8. The molecular weight excluding hydrogens is 361 g/mol. The maximum absolute atomic E-state index is 13.1. The monoisotopic (exact) mass is 381 g/mol. The van der Waals surface area contributed by atoms with Crippen LogP contribution in [0.2, 0.25) is 0 Å². The van der Waals surface area contributed by atoms with Gasteiger partial charge in [0.2, 0.25) is 0 Å². The number of hydrogen-bond donors (Lipinski definition) is 2. The summed E-state index contributed by atoms with van der Waals surface area (Å²) in [7, 11) is 0. The van der Waals surface area contributed by atoms with E-state index in [1.165, 1.54) is 5.56 Å². The second kappa shape index (κ2) is 9.26. The van der Waals surface area contributed by atoms with Crippen molar-refractivity contribution >= 4 is 24.0 Å². The second-order valence-electron chi connectivity index (χ2n) is 6.06. The van der Waals surface area contributed by atoms with Gasteiger partial charge in [-0.25, -0.2) is 4.39 Å². The quantitative estimate of drug-likeness (QED) is 0.588. The number of carbonyl (C=O) groups is 1. The Kier molecular flexibility index (Phi) is 7.67. The van der Waals surface area contributed by atoms with Crippen molar-refractivity contribution in [2.45, 2.75) is 25.8 Å². The summed E-state index contributed by atoms with van der Waals surface area (Å²) in [4.78, 5) is 22.3. The van der Waals surface area contributed by atoms with Crippen LogP contribution in [-0.2, 0) is 0 Å². The maximum Gasteiger partial charge on any atom is 0.285 e. The Morgan fingerprint density at radius 2 is 1.77 bits per heavy atom. The summed E-state index contributed by atoms with van der Waals surface area (Å²) >= 11 is 0. The van der Waals surface area contributed by atoms with Crippen molar-refractivity contribution < 1.29 is 14.1 Å². The predicted octanol–water partition coefficient (Wildman–Crippen LogP) is 3.71. The van der Waals surface area contributed by atoms with Gasteiger partial charge in [-0.15, -0.1) is 12.4 Å². The Balaban J connectivity index is 0.00000338. The largest absolute Gasteiger partial charge is 0.350 e.